The zero-order valence-electron chi connectivity index (χ0n) is 14.0. The third-order valence-electron chi connectivity index (χ3n) is 3.46. The molecule has 5 nitrogen and oxygen atoms in total. The average Bonchev–Trinajstić information content (AvgIpc) is 2.97. The third kappa shape index (κ3) is 6.21. The van der Waals surface area contributed by atoms with Crippen LogP contribution in [0.25, 0.3) is 5.69 Å². The summed E-state index contributed by atoms with van der Waals surface area (Å²) in [4.78, 5) is 15.2. The average molecular weight is 468 g/mol. The maximum atomic E-state index is 12.7. The number of hydrogen-bond donors (Lipinski definition) is 0. The minimum absolute atomic E-state index is 0.127. The quantitative estimate of drug-likeness (QED) is 0.394. The summed E-state index contributed by atoms with van der Waals surface area (Å²) in [6, 6.07) is 3.61. The van der Waals surface area contributed by atoms with Crippen LogP contribution >= 0.6 is 39.3 Å². The lowest BCUT2D eigenvalue weighted by molar-refractivity contribution is -0.118. The molecule has 0 fully saturated rings. The van der Waals surface area contributed by atoms with Gasteiger partial charge in [0.1, 0.15) is 5.69 Å². The van der Waals surface area contributed by atoms with Crippen LogP contribution in [-0.4, -0.2) is 43.6 Å². The molecule has 2 rings (SSSR count). The Kier molecular flexibility index (Phi) is 7.85. The summed E-state index contributed by atoms with van der Waals surface area (Å²) >= 11 is 9.83. The lowest BCUT2D eigenvalue weighted by Gasteiger charge is -2.19. The maximum absolute atomic E-state index is 12.7. The van der Waals surface area contributed by atoms with Crippen LogP contribution in [0.1, 0.15) is 19.8 Å². The summed E-state index contributed by atoms with van der Waals surface area (Å²) in [5, 5.41) is 4.44. The number of aromatic nitrogens is 3. The van der Waals surface area contributed by atoms with Gasteiger partial charge in [-0.3, -0.25) is 9.78 Å². The molecule has 1 amide bonds. The predicted molar refractivity (Wildman–Crippen MR) is 105 cm³/mol. The van der Waals surface area contributed by atoms with Gasteiger partial charge in [-0.05, 0) is 40.7 Å². The Morgan fingerprint density at radius 1 is 1.46 bits per heavy atom. The molecule has 0 unspecified atom stereocenters. The summed E-state index contributed by atoms with van der Waals surface area (Å²) in [5.41, 5.74) is 1.25. The van der Waals surface area contributed by atoms with Gasteiger partial charge in [-0.15, -0.1) is 0 Å². The number of nitrogens with zero attached hydrogens (tertiary/aromatic N) is 4. The van der Waals surface area contributed by atoms with Crippen LogP contribution in [-0.2, 0) is 4.79 Å². The SMILES string of the molecule is CCN(C(=O)CCSCCC(F)(F)Br)c1cn(-c2cccnc2)nc1Cl. The molecule has 0 N–H and O–H groups in total. The molecule has 0 aliphatic heterocycles. The molecule has 0 aliphatic rings. The van der Waals surface area contributed by atoms with Gasteiger partial charge in [0.25, 0.3) is 0 Å². The second kappa shape index (κ2) is 9.66. The van der Waals surface area contributed by atoms with E-state index in [0.717, 1.165) is 5.69 Å². The number of carbonyl (C=O) groups is 1. The van der Waals surface area contributed by atoms with E-state index in [1.807, 2.05) is 13.0 Å². The van der Waals surface area contributed by atoms with Gasteiger partial charge in [-0.1, -0.05) is 11.6 Å². The van der Waals surface area contributed by atoms with Crippen LogP contribution in [0, 0.1) is 0 Å². The Hall–Kier alpha value is -1.19. The van der Waals surface area contributed by atoms with E-state index >= 15 is 0 Å². The van der Waals surface area contributed by atoms with Gasteiger partial charge < -0.3 is 4.90 Å². The van der Waals surface area contributed by atoms with Crippen molar-refractivity contribution >= 4 is 50.9 Å². The summed E-state index contributed by atoms with van der Waals surface area (Å²) in [6.45, 7) is 2.27. The summed E-state index contributed by atoms with van der Waals surface area (Å²) in [6.07, 6.45) is 4.94. The minimum atomic E-state index is -2.85. The van der Waals surface area contributed by atoms with Crippen LogP contribution in [0.15, 0.2) is 30.7 Å². The minimum Gasteiger partial charge on any atom is -0.308 e. The molecule has 142 valence electrons. The topological polar surface area (TPSA) is 51.0 Å². The highest BCUT2D eigenvalue weighted by Gasteiger charge is 2.23. The van der Waals surface area contributed by atoms with Crippen molar-refractivity contribution in [1.82, 2.24) is 14.8 Å². The van der Waals surface area contributed by atoms with Crippen LogP contribution in [0.2, 0.25) is 5.15 Å². The molecule has 10 heteroatoms. The third-order valence-corrected chi connectivity index (χ3v) is 5.11. The highest BCUT2D eigenvalue weighted by molar-refractivity contribution is 9.10. The van der Waals surface area contributed by atoms with Crippen LogP contribution in [0.4, 0.5) is 14.5 Å². The Morgan fingerprint density at radius 3 is 2.85 bits per heavy atom. The smallest absolute Gasteiger partial charge is 0.302 e. The molecule has 2 aromatic rings. The predicted octanol–water partition coefficient (Wildman–Crippen LogP) is 4.77. The van der Waals surface area contributed by atoms with E-state index in [2.05, 4.69) is 26.0 Å². The lowest BCUT2D eigenvalue weighted by atomic mass is 10.3. The highest BCUT2D eigenvalue weighted by atomic mass is 79.9. The fourth-order valence-electron chi connectivity index (χ4n) is 2.21. The number of amides is 1. The monoisotopic (exact) mass is 466 g/mol. The molecule has 26 heavy (non-hydrogen) atoms. The number of anilines is 1. The van der Waals surface area contributed by atoms with Crippen LogP contribution in [0.5, 0.6) is 0 Å². The molecule has 0 bridgehead atoms. The standard InChI is InChI=1S/C16H18BrClF2N4OS/c1-2-23(14(25)5-8-26-9-6-16(17,19)20)13-11-24(22-15(13)18)12-4-3-7-21-10-12/h3-4,7,10-11H,2,5-6,8-9H2,1H3. The van der Waals surface area contributed by atoms with E-state index in [0.29, 0.717) is 18.0 Å². The van der Waals surface area contributed by atoms with Gasteiger partial charge in [-0.2, -0.15) is 25.6 Å². The van der Waals surface area contributed by atoms with Crippen molar-refractivity contribution in [2.24, 2.45) is 0 Å². The molecule has 0 saturated carbocycles. The number of thioether (sulfide) groups is 1. The number of halogens is 4. The van der Waals surface area contributed by atoms with Crippen molar-refractivity contribution < 1.29 is 13.6 Å². The highest BCUT2D eigenvalue weighted by Crippen LogP contribution is 2.28. The van der Waals surface area contributed by atoms with Crippen molar-refractivity contribution in [2.45, 2.75) is 24.6 Å². The van der Waals surface area contributed by atoms with Crippen molar-refractivity contribution in [2.75, 3.05) is 23.0 Å². The number of hydrogen-bond acceptors (Lipinski definition) is 4. The number of alkyl halides is 3. The molecular formula is C16H18BrClF2N4OS. The largest absolute Gasteiger partial charge is 0.308 e. The molecule has 2 heterocycles. The number of carbonyl (C=O) groups excluding carboxylic acids is 1. The first kappa shape index (κ1) is 21.1. The van der Waals surface area contributed by atoms with E-state index in [9.17, 15) is 13.6 Å². The van der Waals surface area contributed by atoms with Crippen molar-refractivity contribution in [3.8, 4) is 5.69 Å². The Bertz CT molecular complexity index is 727. The van der Waals surface area contributed by atoms with E-state index in [4.69, 9.17) is 11.6 Å². The molecule has 0 atom stereocenters. The first-order valence-electron chi connectivity index (χ1n) is 7.92. The van der Waals surface area contributed by atoms with Crippen molar-refractivity contribution in [3.05, 3.63) is 35.9 Å². The Labute approximate surface area is 168 Å². The summed E-state index contributed by atoms with van der Waals surface area (Å²) in [7, 11) is 0. The molecule has 0 saturated heterocycles. The Balaban J connectivity index is 1.97. The first-order valence-corrected chi connectivity index (χ1v) is 10.2. The lowest BCUT2D eigenvalue weighted by Crippen LogP contribution is -2.30. The molecule has 0 aliphatic carbocycles. The second-order valence-electron chi connectivity index (χ2n) is 5.33. The molecule has 0 radical (unpaired) electrons. The van der Waals surface area contributed by atoms with Crippen molar-refractivity contribution in [3.63, 3.8) is 0 Å². The summed E-state index contributed by atoms with van der Waals surface area (Å²) < 4.78 is 27.0. The van der Waals surface area contributed by atoms with Gasteiger partial charge in [0.2, 0.25) is 5.91 Å². The zero-order chi connectivity index (χ0) is 19.2. The molecule has 0 aromatic carbocycles. The zero-order valence-corrected chi connectivity index (χ0v) is 17.2. The fraction of sp³-hybridized carbons (Fsp3) is 0.438. The van der Waals surface area contributed by atoms with Crippen LogP contribution in [0.3, 0.4) is 0 Å². The van der Waals surface area contributed by atoms with Crippen LogP contribution < -0.4 is 4.90 Å². The molecule has 2 aromatic heterocycles. The maximum Gasteiger partial charge on any atom is 0.302 e. The normalized spacial score (nSPS) is 11.6. The van der Waals surface area contributed by atoms with Crippen molar-refractivity contribution in [1.29, 1.82) is 0 Å². The van der Waals surface area contributed by atoms with Gasteiger partial charge in [-0.25, -0.2) is 4.68 Å². The Morgan fingerprint density at radius 2 is 2.23 bits per heavy atom. The van der Waals surface area contributed by atoms with Gasteiger partial charge >= 0.3 is 4.83 Å². The fourth-order valence-corrected chi connectivity index (χ4v) is 3.83. The first-order chi connectivity index (χ1) is 12.3. The number of rotatable bonds is 9. The van der Waals surface area contributed by atoms with E-state index in [1.165, 1.54) is 11.8 Å². The van der Waals surface area contributed by atoms with Gasteiger partial charge in [0.15, 0.2) is 5.15 Å². The van der Waals surface area contributed by atoms with Gasteiger partial charge in [0, 0.05) is 31.3 Å². The van der Waals surface area contributed by atoms with E-state index in [-0.39, 0.29) is 29.7 Å². The molecular weight excluding hydrogens is 450 g/mol. The molecule has 0 spiro atoms. The summed E-state index contributed by atoms with van der Waals surface area (Å²) in [5.74, 6) is 0.614. The van der Waals surface area contributed by atoms with E-state index in [1.54, 1.807) is 34.2 Å². The van der Waals surface area contributed by atoms with Gasteiger partial charge in [0.05, 0.1) is 18.1 Å². The number of pyridine rings is 1. The van der Waals surface area contributed by atoms with E-state index < -0.39 is 4.83 Å². The second-order valence-corrected chi connectivity index (χ2v) is 8.07.